The molecule has 2 spiro atoms. The SMILES string of the molecule is [2H]C([2H])([2H])C1(C([2H])([2H])[2H])[C@H](C)N(c2c(C)ccc3c2oc2ccccc23)C(C)(C)C1([2H])[2H].[2H]C([2H])([2H])C1(C)c2ccccc2N(c2ccccc2C)[C@H]1C.[2H]C([2H])([2H])C1(C)c2cccnc2N(c2ccccc2C)[C@H]1C.[2H]C1([2H])C2(CCCCC2)[C@H](C)N(c2c(C)ccc3c2oc2ccccc23)C1(C)C.[2H]C1([2H])C2(CCCCC2)[C@H](C)N(c2ccccc2C)C1(C)C. The summed E-state index contributed by atoms with van der Waals surface area (Å²) >= 11 is 0. The molecule has 7 atom stereocenters. The number of furan rings is 2. The van der Waals surface area contributed by atoms with Gasteiger partial charge >= 0.3 is 0 Å². The molecule has 8 nitrogen and oxygen atoms in total. The van der Waals surface area contributed by atoms with Gasteiger partial charge in [0.2, 0.25) is 0 Å². The van der Waals surface area contributed by atoms with Crippen molar-refractivity contribution in [3.8, 4) is 0 Å². The molecule has 2 unspecified atom stereocenters. The molecule has 18 rings (SSSR count). The molecule has 5 aliphatic heterocycles. The Morgan fingerprint density at radius 2 is 0.752 bits per heavy atom. The number of hydrogen-bond donors (Lipinski definition) is 0. The summed E-state index contributed by atoms with van der Waals surface area (Å²) in [5, 5.41) is 3.94. The lowest BCUT2D eigenvalue weighted by Gasteiger charge is -2.41. The van der Waals surface area contributed by atoms with E-state index in [1.54, 1.807) is 24.9 Å². The van der Waals surface area contributed by atoms with Gasteiger partial charge in [-0.25, -0.2) is 4.98 Å². The van der Waals surface area contributed by atoms with Crippen molar-refractivity contribution in [1.29, 1.82) is 0 Å². The topological polar surface area (TPSA) is 55.4 Å². The van der Waals surface area contributed by atoms with E-state index < -0.39 is 85.4 Å². The van der Waals surface area contributed by atoms with Crippen LogP contribution in [0.1, 0.15) is 264 Å². The number of hydrogen-bond acceptors (Lipinski definition) is 8. The third kappa shape index (κ3) is 13.5. The smallest absolute Gasteiger partial charge is 0.158 e. The van der Waals surface area contributed by atoms with E-state index in [1.165, 1.54) is 43.9 Å². The van der Waals surface area contributed by atoms with Crippen LogP contribution in [0.15, 0.2) is 197 Å². The quantitative estimate of drug-likeness (QED) is 0.169. The summed E-state index contributed by atoms with van der Waals surface area (Å²) in [6.45, 7) is 25.1. The molecule has 0 amide bonds. The zero-order chi connectivity index (χ0) is 93.1. The minimum absolute atomic E-state index is 0.116. The first-order valence-corrected chi connectivity index (χ1v) is 40.1. The van der Waals surface area contributed by atoms with Gasteiger partial charge in [0.15, 0.2) is 11.2 Å². The van der Waals surface area contributed by atoms with Crippen molar-refractivity contribution in [3.63, 3.8) is 0 Å². The van der Waals surface area contributed by atoms with Crippen molar-refractivity contribution in [2.45, 2.75) is 293 Å². The van der Waals surface area contributed by atoms with Crippen molar-refractivity contribution in [1.82, 2.24) is 4.98 Å². The zero-order valence-corrected chi connectivity index (χ0v) is 67.9. The van der Waals surface area contributed by atoms with Crippen LogP contribution in [0, 0.1) is 50.9 Å². The molecule has 0 bridgehead atoms. The molecule has 5 fully saturated rings. The minimum atomic E-state index is -3.08. The van der Waals surface area contributed by atoms with Crippen LogP contribution in [0.5, 0.6) is 0 Å². The maximum absolute atomic E-state index is 9.32. The van der Waals surface area contributed by atoms with Gasteiger partial charge in [-0.1, -0.05) is 219 Å². The molecular formula is C101H128N6O2. The predicted octanol–water partition coefficient (Wildman–Crippen LogP) is 27.9. The fourth-order valence-electron chi connectivity index (χ4n) is 20.2. The van der Waals surface area contributed by atoms with Gasteiger partial charge in [0.25, 0.3) is 0 Å². The monoisotopic (exact) mass is 1480 g/mol. The van der Waals surface area contributed by atoms with E-state index in [4.69, 9.17) is 30.8 Å². The van der Waals surface area contributed by atoms with Crippen LogP contribution in [-0.2, 0) is 10.8 Å². The molecule has 2 saturated carbocycles. The molecule has 3 aromatic heterocycles. The van der Waals surface area contributed by atoms with Gasteiger partial charge in [0.05, 0.1) is 11.4 Å². The van der Waals surface area contributed by atoms with Crippen molar-refractivity contribution in [2.75, 3.05) is 24.5 Å². The largest absolute Gasteiger partial charge is 0.454 e. The Morgan fingerprint density at radius 1 is 0.358 bits per heavy atom. The van der Waals surface area contributed by atoms with Gasteiger partial charge in [0.1, 0.15) is 17.0 Å². The summed E-state index contributed by atoms with van der Waals surface area (Å²) in [5.74, 6) is 0.753. The first kappa shape index (κ1) is 57.5. The van der Waals surface area contributed by atoms with Crippen molar-refractivity contribution >= 4 is 83.8 Å². The van der Waals surface area contributed by atoms with Crippen LogP contribution in [0.25, 0.3) is 43.9 Å². The highest BCUT2D eigenvalue weighted by atomic mass is 16.3. The van der Waals surface area contributed by atoms with Gasteiger partial charge < -0.3 is 33.3 Å². The van der Waals surface area contributed by atoms with Crippen LogP contribution in [-0.4, -0.2) is 51.8 Å². The Morgan fingerprint density at radius 3 is 1.24 bits per heavy atom. The number of para-hydroxylation sites is 6. The summed E-state index contributed by atoms with van der Waals surface area (Å²) in [4.78, 5) is 15.1. The van der Waals surface area contributed by atoms with E-state index in [0.29, 0.717) is 16.9 Å². The first-order chi connectivity index (χ1) is 59.1. The van der Waals surface area contributed by atoms with E-state index in [1.807, 2.05) is 163 Å². The number of benzene rings is 8. The maximum atomic E-state index is 9.32. The normalized spacial score (nSPS) is 29.3. The molecule has 8 aromatic carbocycles. The molecule has 0 radical (unpaired) electrons. The van der Waals surface area contributed by atoms with Gasteiger partial charge in [-0.15, -0.1) is 0 Å². The molecule has 8 heteroatoms. The lowest BCUT2D eigenvalue weighted by molar-refractivity contribution is 0.170. The van der Waals surface area contributed by atoms with Gasteiger partial charge in [-0.05, 0) is 248 Å². The number of anilines is 7. The van der Waals surface area contributed by atoms with Crippen LogP contribution in [0.4, 0.5) is 39.9 Å². The summed E-state index contributed by atoms with van der Waals surface area (Å²) in [6.07, 6.45) is 7.73. The lowest BCUT2D eigenvalue weighted by Crippen LogP contribution is -2.44. The molecular weight excluding hydrogens is 1330 g/mol. The number of aryl methyl sites for hydroxylation is 5. The third-order valence-corrected chi connectivity index (χ3v) is 26.1. The molecule has 3 saturated heterocycles. The van der Waals surface area contributed by atoms with Crippen LogP contribution < -0.4 is 24.5 Å². The van der Waals surface area contributed by atoms with E-state index in [0.717, 1.165) is 133 Å². The maximum Gasteiger partial charge on any atom is 0.158 e. The fourth-order valence-corrected chi connectivity index (χ4v) is 20.2. The molecule has 0 N–H and O–H groups in total. The van der Waals surface area contributed by atoms with Crippen LogP contribution in [0.3, 0.4) is 0 Å². The third-order valence-electron chi connectivity index (χ3n) is 26.1. The molecule has 2 aliphatic carbocycles. The molecule has 11 aromatic rings. The number of fused-ring (bicyclic) bond motifs is 8. The van der Waals surface area contributed by atoms with Crippen molar-refractivity contribution < 1.29 is 33.5 Å². The predicted molar refractivity (Wildman–Crippen MR) is 467 cm³/mol. The average molecular weight is 1480 g/mol. The Kier molecular flexibility index (Phi) is 15.3. The molecule has 574 valence electrons. The first-order valence-electron chi connectivity index (χ1n) is 49.1. The number of nitrogens with zero attached hydrogens (tertiary/aromatic N) is 6. The highest BCUT2D eigenvalue weighted by Crippen LogP contribution is 2.60. The zero-order valence-electron chi connectivity index (χ0n) is 85.9. The Labute approximate surface area is 680 Å². The second-order valence-electron chi connectivity index (χ2n) is 34.6. The molecule has 7 aliphatic rings. The van der Waals surface area contributed by atoms with Crippen molar-refractivity contribution in [3.05, 3.63) is 227 Å². The summed E-state index contributed by atoms with van der Waals surface area (Å²) < 4.78 is 165. The Balaban J connectivity index is 0.000000130. The van der Waals surface area contributed by atoms with E-state index in [-0.39, 0.29) is 35.0 Å². The summed E-state index contributed by atoms with van der Waals surface area (Å²) in [6, 6.07) is 58.8. The van der Waals surface area contributed by atoms with Gasteiger partial charge in [0, 0.05) is 138 Å². The lowest BCUT2D eigenvalue weighted by atomic mass is 9.68. The van der Waals surface area contributed by atoms with Crippen LogP contribution in [0.2, 0.25) is 0 Å². The average Bonchev–Trinajstić information content (AvgIpc) is 1.49. The second kappa shape index (κ2) is 29.0. The van der Waals surface area contributed by atoms with Gasteiger partial charge in [-0.2, -0.15) is 0 Å². The second-order valence-corrected chi connectivity index (χ2v) is 34.6. The van der Waals surface area contributed by atoms with Gasteiger partial charge in [-0.3, -0.25) is 0 Å². The van der Waals surface area contributed by atoms with E-state index in [2.05, 4.69) is 148 Å². The number of aromatic nitrogens is 1. The van der Waals surface area contributed by atoms with E-state index >= 15 is 0 Å². The number of rotatable bonds is 5. The minimum Gasteiger partial charge on any atom is -0.454 e. The van der Waals surface area contributed by atoms with Crippen molar-refractivity contribution in [2.24, 2.45) is 16.2 Å². The highest BCUT2D eigenvalue weighted by Gasteiger charge is 2.56. The molecule has 8 heterocycles. The van der Waals surface area contributed by atoms with E-state index in [9.17, 15) is 2.74 Å². The highest BCUT2D eigenvalue weighted by molar-refractivity contribution is 6.11. The number of pyridine rings is 1. The Bertz CT molecular complexity index is 5770. The molecule has 109 heavy (non-hydrogen) atoms. The standard InChI is InChI=1S/C25H31NO.C22H27NO.C19H29N.C18H21N.C17H20N2/c1-17-12-13-20-19-10-6-7-11-21(19)27-23(20)22(17)26-18(2)25(16-24(26,3)4)14-8-5-9-15-25;1-14-11-12-17-16-9-7-8-10-18(16)24-20(17)19(14)23-15(2)21(3,4)13-22(23,5)6;1-15-10-6-7-11-17(15)20-16(2)19(14-18(20,3)4)12-8-5-9-13-19;1-13-9-5-7-11-16(13)19-14(2)18(3,4)15-10-6-8-12-17(15)19;1-12-8-5-6-10-15(12)19-13(2)17(3,4)14-9-7-11-18-16(14)19/h6-7,10-13,18H,5,8-9,14-16H2,1-4H3;7-12,15H,13H2,1-6H3;6-7,10-11,16H,5,8-9,12-14H2,1-4H3;5-12,14H,1-4H3;5-11,13H,1-4H3/t18-;15-;16-;14-;13-/m00000/s1/i16D2;3D3,4D3,13D2;14D2;2*3D3/t3m;14-,18?;13-,17?. The Hall–Kier alpha value is -8.49. The summed E-state index contributed by atoms with van der Waals surface area (Å²) in [7, 11) is 0. The fraction of sp³-hybridized carbons (Fsp3) is 0.475. The van der Waals surface area contributed by atoms with Crippen LogP contribution >= 0.6 is 0 Å². The summed E-state index contributed by atoms with van der Waals surface area (Å²) in [5.41, 5.74) is 8.41.